The summed E-state index contributed by atoms with van der Waals surface area (Å²) in [6.45, 7) is 11.9. The number of ether oxygens (including phenoxy) is 2. The maximum atomic E-state index is 12.2. The van der Waals surface area contributed by atoms with Crippen LogP contribution < -0.4 is 4.74 Å². The molecule has 1 aliphatic heterocycles. The van der Waals surface area contributed by atoms with E-state index in [-0.39, 0.29) is 12.7 Å². The molecule has 240 valence electrons. The Balaban J connectivity index is 0.000000676. The van der Waals surface area contributed by atoms with E-state index in [0.717, 1.165) is 46.8 Å². The van der Waals surface area contributed by atoms with Gasteiger partial charge in [0, 0.05) is 32.4 Å². The van der Waals surface area contributed by atoms with Gasteiger partial charge in [0.25, 0.3) is 0 Å². The minimum Gasteiger partial charge on any atom is -0.487 e. The number of carbonyl (C=O) groups is 2. The van der Waals surface area contributed by atoms with Crippen LogP contribution in [-0.4, -0.2) is 65.9 Å². The van der Waals surface area contributed by atoms with Gasteiger partial charge in [0.15, 0.2) is 0 Å². The van der Waals surface area contributed by atoms with Crippen LogP contribution in [0.2, 0.25) is 0 Å². The Morgan fingerprint density at radius 2 is 1.82 bits per heavy atom. The molecule has 1 aliphatic rings. The highest BCUT2D eigenvalue weighted by Gasteiger charge is 2.40. The normalized spacial score (nSPS) is 16.2. The monoisotopic (exact) mass is 621 g/mol. The molecule has 3 aromatic rings. The maximum absolute atomic E-state index is 12.2. The summed E-state index contributed by atoms with van der Waals surface area (Å²) < 4.78 is 45.8. The van der Waals surface area contributed by atoms with Crippen molar-refractivity contribution < 1.29 is 42.4 Å². The predicted molar refractivity (Wildman–Crippen MR) is 153 cm³/mol. The fourth-order valence-electron chi connectivity index (χ4n) is 4.66. The number of carboxylic acids is 2. The number of aryl methyl sites for hydroxylation is 3. The van der Waals surface area contributed by atoms with Crippen molar-refractivity contribution in [3.05, 3.63) is 70.3 Å². The van der Waals surface area contributed by atoms with Crippen molar-refractivity contribution in [2.45, 2.75) is 79.1 Å². The van der Waals surface area contributed by atoms with Crippen LogP contribution in [0.25, 0.3) is 0 Å². The van der Waals surface area contributed by atoms with Gasteiger partial charge in [0.1, 0.15) is 17.5 Å². The summed E-state index contributed by atoms with van der Waals surface area (Å²) in [6, 6.07) is 10.1. The second-order valence-electron chi connectivity index (χ2n) is 11.3. The largest absolute Gasteiger partial charge is 0.490 e. The first kappa shape index (κ1) is 34.5. The van der Waals surface area contributed by atoms with E-state index < -0.39 is 29.6 Å². The van der Waals surface area contributed by atoms with E-state index in [1.165, 1.54) is 0 Å². The number of nitrogens with zero attached hydrogens (tertiary/aromatic N) is 5. The number of benzene rings is 1. The Morgan fingerprint density at radius 1 is 1.14 bits per heavy atom. The topological polar surface area (TPSA) is 140 Å². The van der Waals surface area contributed by atoms with Gasteiger partial charge in [0.2, 0.25) is 0 Å². The van der Waals surface area contributed by atoms with Crippen LogP contribution in [0, 0.1) is 19.3 Å². The number of hydrogen-bond acceptors (Lipinski definition) is 8. The molecule has 2 atom stereocenters. The van der Waals surface area contributed by atoms with Crippen molar-refractivity contribution in [2.24, 2.45) is 12.5 Å². The van der Waals surface area contributed by atoms with Gasteiger partial charge in [-0.15, -0.1) is 5.10 Å². The molecular formula is C30H38F3N5O6. The Kier molecular flexibility index (Phi) is 11.1. The third-order valence-electron chi connectivity index (χ3n) is 7.22. The van der Waals surface area contributed by atoms with Gasteiger partial charge in [0.05, 0.1) is 30.0 Å². The lowest BCUT2D eigenvalue weighted by Gasteiger charge is -2.31. The second-order valence-corrected chi connectivity index (χ2v) is 11.3. The first-order valence-corrected chi connectivity index (χ1v) is 14.0. The quantitative estimate of drug-likeness (QED) is 0.335. The second kappa shape index (κ2) is 14.2. The number of fused-ring (bicyclic) bond motifs is 1. The molecule has 0 amide bonds. The van der Waals surface area contributed by atoms with Crippen LogP contribution in [0.4, 0.5) is 13.2 Å². The zero-order valence-electron chi connectivity index (χ0n) is 25.6. The Labute approximate surface area is 253 Å². The number of halogens is 3. The highest BCUT2D eigenvalue weighted by atomic mass is 19.4. The van der Waals surface area contributed by atoms with Crippen molar-refractivity contribution in [3.8, 4) is 5.75 Å². The summed E-state index contributed by atoms with van der Waals surface area (Å²) in [5.74, 6) is -2.83. The molecule has 14 heteroatoms. The molecular weight excluding hydrogens is 583 g/mol. The van der Waals surface area contributed by atoms with Gasteiger partial charge in [-0.25, -0.2) is 4.79 Å². The molecule has 1 unspecified atom stereocenters. The molecule has 11 nitrogen and oxygen atoms in total. The van der Waals surface area contributed by atoms with Crippen LogP contribution in [-0.2, 0) is 41.1 Å². The number of aromatic nitrogens is 4. The zero-order chi connectivity index (χ0) is 32.8. The van der Waals surface area contributed by atoms with Crippen molar-refractivity contribution >= 4 is 11.9 Å². The van der Waals surface area contributed by atoms with Crippen LogP contribution in [0.15, 0.2) is 36.5 Å². The molecule has 0 aliphatic carbocycles. The molecule has 0 saturated carbocycles. The number of pyridine rings is 1. The SMILES string of the molecule is CC[C@@H]1CN(Cc2cc(C(OCc3cn(C)nn3)C(C)(C)C(=O)O)ccc2C)Cc2nc(C)ccc2O1.O=C(O)C(F)(F)F. The molecule has 2 N–H and O–H groups in total. The fraction of sp³-hybridized carbons (Fsp3) is 0.500. The van der Waals surface area contributed by atoms with Gasteiger partial charge in [-0.2, -0.15) is 13.2 Å². The number of alkyl halides is 3. The molecule has 44 heavy (non-hydrogen) atoms. The zero-order valence-corrected chi connectivity index (χ0v) is 25.6. The average Bonchev–Trinajstić information content (AvgIpc) is 3.26. The van der Waals surface area contributed by atoms with E-state index in [1.807, 2.05) is 31.2 Å². The van der Waals surface area contributed by atoms with Gasteiger partial charge in [-0.1, -0.05) is 30.3 Å². The molecule has 0 spiro atoms. The Morgan fingerprint density at radius 3 is 2.39 bits per heavy atom. The highest BCUT2D eigenvalue weighted by Crippen LogP contribution is 2.38. The summed E-state index contributed by atoms with van der Waals surface area (Å²) in [5, 5.41) is 25.2. The van der Waals surface area contributed by atoms with Crippen LogP contribution in [0.5, 0.6) is 5.75 Å². The van der Waals surface area contributed by atoms with E-state index in [0.29, 0.717) is 18.8 Å². The lowest BCUT2D eigenvalue weighted by Crippen LogP contribution is -2.34. The minimum absolute atomic E-state index is 0.0725. The third kappa shape index (κ3) is 8.99. The van der Waals surface area contributed by atoms with Crippen LogP contribution >= 0.6 is 0 Å². The molecule has 0 fully saturated rings. The molecule has 2 aromatic heterocycles. The van der Waals surface area contributed by atoms with Crippen molar-refractivity contribution in [1.29, 1.82) is 0 Å². The predicted octanol–water partition coefficient (Wildman–Crippen LogP) is 5.00. The van der Waals surface area contributed by atoms with E-state index in [2.05, 4.69) is 35.1 Å². The van der Waals surface area contributed by atoms with Gasteiger partial charge in [-0.3, -0.25) is 19.4 Å². The standard InChI is InChI=1S/C28H37N5O4.C2HF3O2/c1-7-23-15-33(16-24-25(37-23)11-9-19(3)29-24)13-21-12-20(10-8-18(21)2)26(28(4,5)27(34)35)36-17-22-14-32(6)31-30-22;3-2(4,5)1(6)7/h8-12,14,23,26H,7,13,15-17H2,1-6H3,(H,34,35);(H,6,7)/t23-,26?;/m1./s1. The summed E-state index contributed by atoms with van der Waals surface area (Å²) in [5.41, 5.74) is 4.50. The number of carboxylic acid groups (broad SMARTS) is 2. The summed E-state index contributed by atoms with van der Waals surface area (Å²) in [4.78, 5) is 28.2. The average molecular weight is 622 g/mol. The first-order chi connectivity index (χ1) is 20.5. The van der Waals surface area contributed by atoms with Crippen molar-refractivity contribution in [1.82, 2.24) is 24.9 Å². The number of aliphatic carboxylic acids is 2. The number of rotatable bonds is 9. The van der Waals surface area contributed by atoms with Crippen molar-refractivity contribution in [3.63, 3.8) is 0 Å². The molecule has 0 bridgehead atoms. The Bertz CT molecular complexity index is 1460. The van der Waals surface area contributed by atoms with E-state index >= 15 is 0 Å². The van der Waals surface area contributed by atoms with E-state index in [1.54, 1.807) is 31.8 Å². The van der Waals surface area contributed by atoms with E-state index in [9.17, 15) is 23.1 Å². The molecule has 4 rings (SSSR count). The molecule has 1 aromatic carbocycles. The fourth-order valence-corrected chi connectivity index (χ4v) is 4.66. The summed E-state index contributed by atoms with van der Waals surface area (Å²) >= 11 is 0. The van der Waals surface area contributed by atoms with Crippen LogP contribution in [0.3, 0.4) is 0 Å². The molecule has 3 heterocycles. The summed E-state index contributed by atoms with van der Waals surface area (Å²) in [7, 11) is 1.79. The van der Waals surface area contributed by atoms with Crippen LogP contribution in [0.1, 0.15) is 67.1 Å². The van der Waals surface area contributed by atoms with Gasteiger partial charge < -0.3 is 19.7 Å². The molecule has 0 radical (unpaired) electrons. The van der Waals surface area contributed by atoms with E-state index in [4.69, 9.17) is 24.4 Å². The molecule has 0 saturated heterocycles. The van der Waals surface area contributed by atoms with Gasteiger partial charge >= 0.3 is 18.1 Å². The highest BCUT2D eigenvalue weighted by molar-refractivity contribution is 5.75. The van der Waals surface area contributed by atoms with Crippen molar-refractivity contribution in [2.75, 3.05) is 6.54 Å². The minimum atomic E-state index is -5.08. The first-order valence-electron chi connectivity index (χ1n) is 14.0. The third-order valence-corrected chi connectivity index (χ3v) is 7.22. The maximum Gasteiger partial charge on any atom is 0.490 e. The summed E-state index contributed by atoms with van der Waals surface area (Å²) in [6.07, 6.45) is -3.02. The van der Waals surface area contributed by atoms with Gasteiger partial charge in [-0.05, 0) is 62.9 Å². The number of hydrogen-bond donors (Lipinski definition) is 2. The lowest BCUT2D eigenvalue weighted by atomic mass is 9.81. The smallest absolute Gasteiger partial charge is 0.487 e. The lowest BCUT2D eigenvalue weighted by molar-refractivity contribution is -0.192. The Hall–Kier alpha value is -4.04.